The van der Waals surface area contributed by atoms with Crippen molar-refractivity contribution in [3.8, 4) is 5.75 Å². The van der Waals surface area contributed by atoms with Gasteiger partial charge < -0.3 is 10.1 Å². The lowest BCUT2D eigenvalue weighted by atomic mass is 9.87. The van der Waals surface area contributed by atoms with E-state index in [0.717, 1.165) is 5.75 Å². The third-order valence-electron chi connectivity index (χ3n) is 4.11. The molecule has 26 heavy (non-hydrogen) atoms. The van der Waals surface area contributed by atoms with Gasteiger partial charge in [-0.3, -0.25) is 4.79 Å². The van der Waals surface area contributed by atoms with E-state index in [1.54, 1.807) is 6.20 Å². The molecule has 136 valence electrons. The third-order valence-corrected chi connectivity index (χ3v) is 4.11. The molecule has 0 aliphatic heterocycles. The van der Waals surface area contributed by atoms with Crippen LogP contribution in [0.1, 0.15) is 36.7 Å². The Morgan fingerprint density at radius 2 is 1.96 bits per heavy atom. The number of hydrogen-bond acceptors (Lipinski definition) is 3. The lowest BCUT2D eigenvalue weighted by molar-refractivity contribution is 0.0948. The van der Waals surface area contributed by atoms with Crippen LogP contribution in [0.5, 0.6) is 5.75 Å². The Balaban J connectivity index is 1.54. The minimum Gasteiger partial charge on any atom is -0.492 e. The Morgan fingerprint density at radius 1 is 1.23 bits per heavy atom. The van der Waals surface area contributed by atoms with Gasteiger partial charge in [-0.25, -0.2) is 8.91 Å². The van der Waals surface area contributed by atoms with Gasteiger partial charge in [0.2, 0.25) is 0 Å². The Labute approximate surface area is 151 Å². The van der Waals surface area contributed by atoms with Crippen LogP contribution in [-0.2, 0) is 5.41 Å². The molecule has 1 aromatic carbocycles. The van der Waals surface area contributed by atoms with Crippen LogP contribution in [0.4, 0.5) is 4.39 Å². The number of halogens is 1. The van der Waals surface area contributed by atoms with E-state index in [2.05, 4.69) is 31.2 Å². The number of ether oxygens (including phenoxy) is 1. The minimum atomic E-state index is -0.481. The molecule has 0 bridgehead atoms. The molecule has 0 atom stereocenters. The zero-order valence-electron chi connectivity index (χ0n) is 15.1. The lowest BCUT2D eigenvalue weighted by Crippen LogP contribution is -2.28. The average molecular weight is 355 g/mol. The van der Waals surface area contributed by atoms with Crippen molar-refractivity contribution in [1.82, 2.24) is 14.9 Å². The molecule has 3 rings (SSSR count). The van der Waals surface area contributed by atoms with Gasteiger partial charge in [0.1, 0.15) is 23.7 Å². The maximum atomic E-state index is 13.9. The Morgan fingerprint density at radius 3 is 2.65 bits per heavy atom. The summed E-state index contributed by atoms with van der Waals surface area (Å²) in [6.45, 7) is 7.10. The van der Waals surface area contributed by atoms with Crippen LogP contribution in [0.15, 0.2) is 48.8 Å². The summed E-state index contributed by atoms with van der Waals surface area (Å²) in [5.41, 5.74) is 1.70. The highest BCUT2D eigenvalue weighted by molar-refractivity contribution is 6.00. The first-order chi connectivity index (χ1) is 12.4. The summed E-state index contributed by atoms with van der Waals surface area (Å²) >= 11 is 0. The third kappa shape index (κ3) is 3.85. The molecule has 1 N–H and O–H groups in total. The van der Waals surface area contributed by atoms with Crippen LogP contribution < -0.4 is 10.1 Å². The molecule has 5 nitrogen and oxygen atoms in total. The number of amides is 1. The van der Waals surface area contributed by atoms with Crippen LogP contribution in [-0.4, -0.2) is 28.7 Å². The quantitative estimate of drug-likeness (QED) is 0.712. The lowest BCUT2D eigenvalue weighted by Gasteiger charge is -2.19. The minimum absolute atomic E-state index is 0.0934. The number of carbonyl (C=O) groups excluding carboxylic acids is 1. The molecule has 1 amide bonds. The van der Waals surface area contributed by atoms with Gasteiger partial charge >= 0.3 is 0 Å². The maximum Gasteiger partial charge on any atom is 0.255 e. The summed E-state index contributed by atoms with van der Waals surface area (Å²) in [7, 11) is 0. The van der Waals surface area contributed by atoms with E-state index in [1.165, 1.54) is 28.4 Å². The highest BCUT2D eigenvalue weighted by atomic mass is 19.1. The molecule has 0 fully saturated rings. The Hall–Kier alpha value is -2.89. The highest BCUT2D eigenvalue weighted by Crippen LogP contribution is 2.24. The van der Waals surface area contributed by atoms with Crippen molar-refractivity contribution in [3.05, 3.63) is 65.7 Å². The summed E-state index contributed by atoms with van der Waals surface area (Å²) in [5, 5.41) is 6.72. The van der Waals surface area contributed by atoms with Crippen molar-refractivity contribution in [3.63, 3.8) is 0 Å². The first-order valence-electron chi connectivity index (χ1n) is 8.49. The van der Waals surface area contributed by atoms with Crippen molar-refractivity contribution < 1.29 is 13.9 Å². The SMILES string of the molecule is CC(C)(C)c1ccc(OCCNC(=O)c2cnn3cccc(F)c23)cc1. The molecule has 0 radical (unpaired) electrons. The molecule has 0 aliphatic rings. The number of rotatable bonds is 5. The van der Waals surface area contributed by atoms with Crippen LogP contribution >= 0.6 is 0 Å². The van der Waals surface area contributed by atoms with Crippen molar-refractivity contribution >= 4 is 11.4 Å². The predicted octanol–water partition coefficient (Wildman–Crippen LogP) is 3.58. The van der Waals surface area contributed by atoms with Gasteiger partial charge in [0.05, 0.1) is 18.3 Å². The van der Waals surface area contributed by atoms with Gasteiger partial charge in [0.25, 0.3) is 5.91 Å². The smallest absolute Gasteiger partial charge is 0.255 e. The van der Waals surface area contributed by atoms with Crippen LogP contribution in [0.2, 0.25) is 0 Å². The molecule has 0 unspecified atom stereocenters. The van der Waals surface area contributed by atoms with Crippen LogP contribution in [0.25, 0.3) is 5.52 Å². The van der Waals surface area contributed by atoms with Gasteiger partial charge in [-0.2, -0.15) is 5.10 Å². The fourth-order valence-electron chi connectivity index (χ4n) is 2.65. The molecule has 2 heterocycles. The number of nitrogens with one attached hydrogen (secondary N) is 1. The van der Waals surface area contributed by atoms with Crippen LogP contribution in [0.3, 0.4) is 0 Å². The second-order valence-electron chi connectivity index (χ2n) is 7.09. The topological polar surface area (TPSA) is 55.6 Å². The van der Waals surface area contributed by atoms with Crippen molar-refractivity contribution in [2.45, 2.75) is 26.2 Å². The van der Waals surface area contributed by atoms with Gasteiger partial charge in [-0.15, -0.1) is 0 Å². The standard InChI is InChI=1S/C20H22FN3O2/c1-20(2,3)14-6-8-15(9-7-14)26-12-10-22-19(25)16-13-23-24-11-4-5-17(21)18(16)24/h4-9,11,13H,10,12H2,1-3H3,(H,22,25). The average Bonchev–Trinajstić information content (AvgIpc) is 3.04. The summed E-state index contributed by atoms with van der Waals surface area (Å²) in [6.07, 6.45) is 2.96. The zero-order valence-corrected chi connectivity index (χ0v) is 15.1. The maximum absolute atomic E-state index is 13.9. The van der Waals surface area contributed by atoms with E-state index < -0.39 is 5.82 Å². The second-order valence-corrected chi connectivity index (χ2v) is 7.09. The summed E-state index contributed by atoms with van der Waals surface area (Å²) in [5.74, 6) is -0.114. The molecule has 6 heteroatoms. The van der Waals surface area contributed by atoms with Gasteiger partial charge in [0.15, 0.2) is 0 Å². The van der Waals surface area contributed by atoms with Gasteiger partial charge in [0, 0.05) is 6.20 Å². The molecular weight excluding hydrogens is 333 g/mol. The highest BCUT2D eigenvalue weighted by Gasteiger charge is 2.16. The molecule has 0 spiro atoms. The summed E-state index contributed by atoms with van der Waals surface area (Å²) in [4.78, 5) is 12.3. The Bertz CT molecular complexity index is 911. The Kier molecular flexibility index (Phi) is 4.93. The van der Waals surface area contributed by atoms with E-state index in [0.29, 0.717) is 13.2 Å². The van der Waals surface area contributed by atoms with E-state index in [4.69, 9.17) is 4.74 Å². The summed E-state index contributed by atoms with van der Waals surface area (Å²) in [6, 6.07) is 10.8. The van der Waals surface area contributed by atoms with E-state index >= 15 is 0 Å². The van der Waals surface area contributed by atoms with Gasteiger partial charge in [-0.1, -0.05) is 32.9 Å². The molecule has 0 saturated heterocycles. The fourth-order valence-corrected chi connectivity index (χ4v) is 2.65. The van der Waals surface area contributed by atoms with Gasteiger partial charge in [-0.05, 0) is 35.2 Å². The first kappa shape index (κ1) is 17.9. The van der Waals surface area contributed by atoms with E-state index in [1.807, 2.05) is 24.3 Å². The number of hydrogen-bond donors (Lipinski definition) is 1. The first-order valence-corrected chi connectivity index (χ1v) is 8.49. The second kappa shape index (κ2) is 7.15. The molecule has 0 saturated carbocycles. The van der Waals surface area contributed by atoms with Crippen molar-refractivity contribution in [2.24, 2.45) is 0 Å². The number of fused-ring (bicyclic) bond motifs is 1. The van der Waals surface area contributed by atoms with Crippen molar-refractivity contribution in [1.29, 1.82) is 0 Å². The monoisotopic (exact) mass is 355 g/mol. The molecule has 2 aromatic heterocycles. The number of benzene rings is 1. The number of carbonyl (C=O) groups is 1. The predicted molar refractivity (Wildman–Crippen MR) is 98.1 cm³/mol. The van der Waals surface area contributed by atoms with E-state index in [9.17, 15) is 9.18 Å². The van der Waals surface area contributed by atoms with E-state index in [-0.39, 0.29) is 22.4 Å². The number of aromatic nitrogens is 2. The normalized spacial score (nSPS) is 11.5. The van der Waals surface area contributed by atoms with Crippen molar-refractivity contribution in [2.75, 3.05) is 13.2 Å². The number of pyridine rings is 1. The number of nitrogens with zero attached hydrogens (tertiary/aromatic N) is 2. The molecule has 0 aliphatic carbocycles. The molecule has 3 aromatic rings. The summed E-state index contributed by atoms with van der Waals surface area (Å²) < 4.78 is 20.9. The largest absolute Gasteiger partial charge is 0.492 e. The zero-order chi connectivity index (χ0) is 18.7. The van der Waals surface area contributed by atoms with Crippen LogP contribution in [0, 0.1) is 5.82 Å². The molecular formula is C20H22FN3O2. The fraction of sp³-hybridized carbons (Fsp3) is 0.300.